The van der Waals surface area contributed by atoms with Crippen LogP contribution < -0.4 is 5.32 Å². The Hall–Kier alpha value is -1.42. The molecule has 0 amide bonds. The Bertz CT molecular complexity index is 454. The van der Waals surface area contributed by atoms with E-state index in [0.29, 0.717) is 6.42 Å². The smallest absolute Gasteiger partial charge is 0.323 e. The van der Waals surface area contributed by atoms with Gasteiger partial charge in [-0.15, -0.1) is 0 Å². The van der Waals surface area contributed by atoms with Crippen molar-refractivity contribution in [3.8, 4) is 0 Å². The molecule has 3 nitrogen and oxygen atoms in total. The lowest BCUT2D eigenvalue weighted by atomic mass is 9.88. The topological polar surface area (TPSA) is 49.3 Å². The molecule has 1 aliphatic rings. The minimum absolute atomic E-state index is 0.269. The van der Waals surface area contributed by atoms with Gasteiger partial charge >= 0.3 is 5.97 Å². The molecule has 0 saturated heterocycles. The summed E-state index contributed by atoms with van der Waals surface area (Å²) in [6, 6.07) is 6.32. The van der Waals surface area contributed by atoms with Crippen LogP contribution in [-0.4, -0.2) is 22.7 Å². The molecule has 2 N–H and O–H groups in total. The molecule has 0 spiro atoms. The van der Waals surface area contributed by atoms with Crippen molar-refractivity contribution in [2.75, 3.05) is 0 Å². The second-order valence-corrected chi connectivity index (χ2v) is 5.92. The van der Waals surface area contributed by atoms with Crippen molar-refractivity contribution >= 4 is 5.97 Å². The maximum atomic E-state index is 12.9. The first-order chi connectivity index (χ1) is 9.49. The van der Waals surface area contributed by atoms with E-state index in [2.05, 4.69) is 5.32 Å². The van der Waals surface area contributed by atoms with Crippen LogP contribution in [0.4, 0.5) is 4.39 Å². The number of hydrogen-bond acceptors (Lipinski definition) is 2. The molecule has 0 bridgehead atoms. The Morgan fingerprint density at radius 2 is 1.90 bits per heavy atom. The van der Waals surface area contributed by atoms with Gasteiger partial charge in [-0.1, -0.05) is 31.4 Å². The van der Waals surface area contributed by atoms with Crippen molar-refractivity contribution in [1.29, 1.82) is 0 Å². The van der Waals surface area contributed by atoms with E-state index in [1.807, 2.05) is 0 Å². The number of halogens is 1. The fourth-order valence-corrected chi connectivity index (χ4v) is 2.90. The van der Waals surface area contributed by atoms with E-state index in [9.17, 15) is 14.3 Å². The third-order valence-electron chi connectivity index (χ3n) is 4.07. The number of nitrogens with one attached hydrogen (secondary N) is 1. The van der Waals surface area contributed by atoms with E-state index in [1.165, 1.54) is 18.6 Å². The molecular formula is C16H22FNO2. The van der Waals surface area contributed by atoms with Crippen LogP contribution in [0.1, 0.15) is 44.6 Å². The van der Waals surface area contributed by atoms with Crippen molar-refractivity contribution in [1.82, 2.24) is 5.32 Å². The largest absolute Gasteiger partial charge is 0.480 e. The molecule has 0 heterocycles. The summed E-state index contributed by atoms with van der Waals surface area (Å²) in [5.41, 5.74) is -0.167. The van der Waals surface area contributed by atoms with E-state index in [4.69, 9.17) is 0 Å². The van der Waals surface area contributed by atoms with Crippen LogP contribution in [0, 0.1) is 5.82 Å². The molecule has 110 valence electrons. The Labute approximate surface area is 119 Å². The normalized spacial score (nSPS) is 19.5. The number of carboxylic acids is 1. The number of carbonyl (C=O) groups is 1. The summed E-state index contributed by atoms with van der Waals surface area (Å²) in [6.45, 7) is 1.72. The molecule has 0 aliphatic heterocycles. The van der Waals surface area contributed by atoms with Crippen molar-refractivity contribution in [3.05, 3.63) is 35.6 Å². The third-order valence-corrected chi connectivity index (χ3v) is 4.07. The van der Waals surface area contributed by atoms with E-state index in [0.717, 1.165) is 31.2 Å². The second-order valence-electron chi connectivity index (χ2n) is 5.92. The number of benzene rings is 1. The van der Waals surface area contributed by atoms with Crippen LogP contribution in [0.3, 0.4) is 0 Å². The Balaban J connectivity index is 2.07. The molecular weight excluding hydrogens is 257 g/mol. The molecule has 20 heavy (non-hydrogen) atoms. The van der Waals surface area contributed by atoms with Gasteiger partial charge in [0, 0.05) is 12.5 Å². The Morgan fingerprint density at radius 3 is 2.45 bits per heavy atom. The van der Waals surface area contributed by atoms with Gasteiger partial charge in [-0.25, -0.2) is 4.39 Å². The van der Waals surface area contributed by atoms with Crippen LogP contribution in [0.5, 0.6) is 0 Å². The summed E-state index contributed by atoms with van der Waals surface area (Å²) in [7, 11) is 0. The lowest BCUT2D eigenvalue weighted by molar-refractivity contribution is -0.144. The van der Waals surface area contributed by atoms with E-state index < -0.39 is 11.5 Å². The molecule has 1 aromatic carbocycles. The molecule has 4 heteroatoms. The average Bonchev–Trinajstić information content (AvgIpc) is 2.42. The quantitative estimate of drug-likeness (QED) is 0.870. The maximum absolute atomic E-state index is 12.9. The summed E-state index contributed by atoms with van der Waals surface area (Å²) in [5.74, 6) is -1.15. The molecule has 1 aliphatic carbocycles. The minimum atomic E-state index is -1.00. The van der Waals surface area contributed by atoms with Crippen LogP contribution in [0.25, 0.3) is 0 Å². The highest BCUT2D eigenvalue weighted by atomic mass is 19.1. The highest BCUT2D eigenvalue weighted by Gasteiger charge is 2.35. The number of hydrogen-bond donors (Lipinski definition) is 2. The van der Waals surface area contributed by atoms with Gasteiger partial charge in [-0.2, -0.15) is 0 Å². The van der Waals surface area contributed by atoms with Crippen molar-refractivity contribution < 1.29 is 14.3 Å². The Morgan fingerprint density at radius 1 is 1.30 bits per heavy atom. The summed E-state index contributed by atoms with van der Waals surface area (Å²) in [5, 5.41) is 12.8. The predicted octanol–water partition coefficient (Wildman–Crippen LogP) is 3.13. The van der Waals surface area contributed by atoms with Gasteiger partial charge in [0.25, 0.3) is 0 Å². The van der Waals surface area contributed by atoms with E-state index >= 15 is 0 Å². The summed E-state index contributed by atoms with van der Waals surface area (Å²) >= 11 is 0. The highest BCUT2D eigenvalue weighted by molar-refractivity contribution is 5.78. The zero-order chi connectivity index (χ0) is 14.6. The molecule has 1 fully saturated rings. The van der Waals surface area contributed by atoms with Gasteiger partial charge in [-0.3, -0.25) is 10.1 Å². The monoisotopic (exact) mass is 279 g/mol. The first kappa shape index (κ1) is 15.0. The fraction of sp³-hybridized carbons (Fsp3) is 0.562. The zero-order valence-corrected chi connectivity index (χ0v) is 11.9. The summed E-state index contributed by atoms with van der Waals surface area (Å²) in [6.07, 6.45) is 5.98. The van der Waals surface area contributed by atoms with Crippen LogP contribution in [-0.2, 0) is 11.2 Å². The second kappa shape index (κ2) is 6.35. The van der Waals surface area contributed by atoms with Gasteiger partial charge in [0.15, 0.2) is 0 Å². The predicted molar refractivity (Wildman–Crippen MR) is 76.2 cm³/mol. The number of carboxylic acid groups (broad SMARTS) is 1. The van der Waals surface area contributed by atoms with E-state index in [-0.39, 0.29) is 11.9 Å². The molecule has 2 rings (SSSR count). The third kappa shape index (κ3) is 3.79. The number of aliphatic carboxylic acids is 1. The Kier molecular flexibility index (Phi) is 4.76. The standard InChI is InChI=1S/C16H22FNO2/c1-16(15(19)20,18-14-5-3-2-4-6-14)11-12-7-9-13(17)10-8-12/h7-10,14,18H,2-6,11H2,1H3,(H,19,20). The molecule has 1 saturated carbocycles. The zero-order valence-electron chi connectivity index (χ0n) is 11.9. The van der Waals surface area contributed by atoms with Crippen LogP contribution in [0.15, 0.2) is 24.3 Å². The number of rotatable bonds is 5. The molecule has 1 atom stereocenters. The lowest BCUT2D eigenvalue weighted by Gasteiger charge is -2.33. The average molecular weight is 279 g/mol. The van der Waals surface area contributed by atoms with Gasteiger partial charge < -0.3 is 5.11 Å². The molecule has 0 radical (unpaired) electrons. The van der Waals surface area contributed by atoms with Crippen molar-refractivity contribution in [2.24, 2.45) is 0 Å². The summed E-state index contributed by atoms with van der Waals surface area (Å²) in [4.78, 5) is 11.6. The minimum Gasteiger partial charge on any atom is -0.480 e. The van der Waals surface area contributed by atoms with Crippen LogP contribution >= 0.6 is 0 Å². The van der Waals surface area contributed by atoms with Gasteiger partial charge in [0.2, 0.25) is 0 Å². The maximum Gasteiger partial charge on any atom is 0.323 e. The summed E-state index contributed by atoms with van der Waals surface area (Å²) < 4.78 is 12.9. The molecule has 1 unspecified atom stereocenters. The molecule has 1 aromatic rings. The fourth-order valence-electron chi connectivity index (χ4n) is 2.90. The highest BCUT2D eigenvalue weighted by Crippen LogP contribution is 2.22. The SMILES string of the molecule is CC(Cc1ccc(F)cc1)(NC1CCCCC1)C(=O)O. The molecule has 0 aromatic heterocycles. The van der Waals surface area contributed by atoms with Gasteiger partial charge in [0.1, 0.15) is 11.4 Å². The van der Waals surface area contributed by atoms with Crippen LogP contribution in [0.2, 0.25) is 0 Å². The van der Waals surface area contributed by atoms with Gasteiger partial charge in [0.05, 0.1) is 0 Å². The first-order valence-corrected chi connectivity index (χ1v) is 7.25. The van der Waals surface area contributed by atoms with Crippen molar-refractivity contribution in [2.45, 2.75) is 57.0 Å². The lowest BCUT2D eigenvalue weighted by Crippen LogP contribution is -2.55. The first-order valence-electron chi connectivity index (χ1n) is 7.25. The van der Waals surface area contributed by atoms with E-state index in [1.54, 1.807) is 19.1 Å². The van der Waals surface area contributed by atoms with Crippen molar-refractivity contribution in [3.63, 3.8) is 0 Å². The van der Waals surface area contributed by atoms with Gasteiger partial charge in [-0.05, 0) is 37.5 Å².